The van der Waals surface area contributed by atoms with Gasteiger partial charge in [-0.3, -0.25) is 4.68 Å². The molecule has 0 atom stereocenters. The van der Waals surface area contributed by atoms with Crippen molar-refractivity contribution in [3.63, 3.8) is 0 Å². The van der Waals surface area contributed by atoms with Crippen molar-refractivity contribution in [2.24, 2.45) is 0 Å². The summed E-state index contributed by atoms with van der Waals surface area (Å²) in [6, 6.07) is 6.11. The molecule has 2 rings (SSSR count). The largest absolute Gasteiger partial charge is 0.478 e. The minimum atomic E-state index is -1.02. The van der Waals surface area contributed by atoms with E-state index in [1.807, 2.05) is 0 Å². The summed E-state index contributed by atoms with van der Waals surface area (Å²) in [5.74, 6) is -1.34. The van der Waals surface area contributed by atoms with Gasteiger partial charge < -0.3 is 5.11 Å². The molecule has 0 saturated heterocycles. The number of halogens is 1. The van der Waals surface area contributed by atoms with E-state index >= 15 is 0 Å². The van der Waals surface area contributed by atoms with Crippen LogP contribution in [0.1, 0.15) is 15.9 Å². The number of carbonyl (C=O) groups is 1. The van der Waals surface area contributed by atoms with Crippen LogP contribution in [0.3, 0.4) is 0 Å². The molecule has 5 heteroatoms. The van der Waals surface area contributed by atoms with Crippen molar-refractivity contribution >= 4 is 5.97 Å². The summed E-state index contributed by atoms with van der Waals surface area (Å²) in [7, 11) is 0. The molecule has 82 valence electrons. The average Bonchev–Trinajstić information content (AvgIpc) is 2.66. The Bertz CT molecular complexity index is 522. The fourth-order valence-corrected chi connectivity index (χ4v) is 1.38. The maximum Gasteiger partial charge on any atom is 0.338 e. The van der Waals surface area contributed by atoms with E-state index in [9.17, 15) is 9.18 Å². The van der Waals surface area contributed by atoms with E-state index in [1.54, 1.807) is 12.1 Å². The lowest BCUT2D eigenvalue weighted by atomic mass is 10.2. The number of hydrogen-bond acceptors (Lipinski definition) is 2. The van der Waals surface area contributed by atoms with Crippen LogP contribution in [0.4, 0.5) is 4.39 Å². The smallest absolute Gasteiger partial charge is 0.338 e. The van der Waals surface area contributed by atoms with Crippen LogP contribution in [0.25, 0.3) is 0 Å². The highest BCUT2D eigenvalue weighted by Gasteiger charge is 2.06. The molecule has 0 amide bonds. The fraction of sp³-hybridized carbons (Fsp3) is 0.0909. The van der Waals surface area contributed by atoms with Gasteiger partial charge in [-0.15, -0.1) is 0 Å². The van der Waals surface area contributed by atoms with Gasteiger partial charge in [-0.2, -0.15) is 5.10 Å². The third kappa shape index (κ3) is 2.25. The standard InChI is InChI=1S/C11H9FN2O2/c12-10-3-1-2-8(4-10)6-14-7-9(5-13-14)11(15)16/h1-5,7H,6H2,(H,15,16). The van der Waals surface area contributed by atoms with Gasteiger partial charge in [0.05, 0.1) is 18.3 Å². The van der Waals surface area contributed by atoms with Crippen LogP contribution < -0.4 is 0 Å². The highest BCUT2D eigenvalue weighted by molar-refractivity contribution is 5.86. The minimum absolute atomic E-state index is 0.122. The molecule has 0 aliphatic heterocycles. The van der Waals surface area contributed by atoms with Crippen molar-refractivity contribution in [2.75, 3.05) is 0 Å². The molecule has 4 nitrogen and oxygen atoms in total. The van der Waals surface area contributed by atoms with E-state index in [-0.39, 0.29) is 11.4 Å². The van der Waals surface area contributed by atoms with Gasteiger partial charge in [0.1, 0.15) is 5.82 Å². The van der Waals surface area contributed by atoms with Crippen LogP contribution in [0.15, 0.2) is 36.7 Å². The Morgan fingerprint density at radius 2 is 2.31 bits per heavy atom. The number of hydrogen-bond donors (Lipinski definition) is 1. The summed E-state index contributed by atoms with van der Waals surface area (Å²) in [5, 5.41) is 12.6. The Kier molecular flexibility index (Phi) is 2.68. The quantitative estimate of drug-likeness (QED) is 0.857. The number of nitrogens with zero attached hydrogens (tertiary/aromatic N) is 2. The molecule has 1 aromatic carbocycles. The van der Waals surface area contributed by atoms with Gasteiger partial charge in [0.15, 0.2) is 0 Å². The van der Waals surface area contributed by atoms with Crippen LogP contribution in [0.2, 0.25) is 0 Å². The third-order valence-electron chi connectivity index (χ3n) is 2.11. The Labute approximate surface area is 90.9 Å². The van der Waals surface area contributed by atoms with Crippen LogP contribution in [0.5, 0.6) is 0 Å². The Balaban J connectivity index is 2.17. The van der Waals surface area contributed by atoms with Gasteiger partial charge in [0.25, 0.3) is 0 Å². The number of benzene rings is 1. The summed E-state index contributed by atoms with van der Waals surface area (Å²) in [4.78, 5) is 10.6. The summed E-state index contributed by atoms with van der Waals surface area (Å²) in [6.45, 7) is 0.352. The molecule has 0 aliphatic rings. The summed E-state index contributed by atoms with van der Waals surface area (Å²) in [6.07, 6.45) is 2.68. The molecule has 2 aromatic rings. The van der Waals surface area contributed by atoms with Crippen molar-refractivity contribution in [2.45, 2.75) is 6.54 Å². The van der Waals surface area contributed by atoms with E-state index in [0.717, 1.165) is 5.56 Å². The maximum atomic E-state index is 12.9. The second-order valence-corrected chi connectivity index (χ2v) is 3.36. The molecule has 1 N–H and O–H groups in total. The molecular weight excluding hydrogens is 211 g/mol. The summed E-state index contributed by atoms with van der Waals surface area (Å²) < 4.78 is 14.3. The minimum Gasteiger partial charge on any atom is -0.478 e. The molecule has 16 heavy (non-hydrogen) atoms. The molecule has 0 spiro atoms. The highest BCUT2D eigenvalue weighted by Crippen LogP contribution is 2.06. The first kappa shape index (κ1) is 10.4. The topological polar surface area (TPSA) is 55.1 Å². The Morgan fingerprint density at radius 3 is 2.94 bits per heavy atom. The molecule has 0 bridgehead atoms. The summed E-state index contributed by atoms with van der Waals surface area (Å²) >= 11 is 0. The van der Waals surface area contributed by atoms with Crippen LogP contribution in [-0.4, -0.2) is 20.9 Å². The van der Waals surface area contributed by atoms with Crippen molar-refractivity contribution in [3.05, 3.63) is 53.6 Å². The van der Waals surface area contributed by atoms with E-state index in [0.29, 0.717) is 6.54 Å². The molecule has 1 heterocycles. The number of carboxylic acids is 1. The lowest BCUT2D eigenvalue weighted by Gasteiger charge is -2.01. The predicted molar refractivity (Wildman–Crippen MR) is 54.7 cm³/mol. The van der Waals surface area contributed by atoms with Crippen molar-refractivity contribution in [3.8, 4) is 0 Å². The van der Waals surface area contributed by atoms with Gasteiger partial charge >= 0.3 is 5.97 Å². The van der Waals surface area contributed by atoms with Crippen LogP contribution >= 0.6 is 0 Å². The first-order valence-electron chi connectivity index (χ1n) is 4.65. The Hall–Kier alpha value is -2.17. The van der Waals surface area contributed by atoms with Gasteiger partial charge in [0.2, 0.25) is 0 Å². The normalized spacial score (nSPS) is 10.3. The third-order valence-corrected chi connectivity index (χ3v) is 2.11. The van der Waals surface area contributed by atoms with Gasteiger partial charge in [-0.05, 0) is 17.7 Å². The lowest BCUT2D eigenvalue weighted by molar-refractivity contribution is 0.0697. The molecule has 0 aliphatic carbocycles. The first-order valence-corrected chi connectivity index (χ1v) is 4.65. The van der Waals surface area contributed by atoms with Crippen LogP contribution in [0, 0.1) is 5.82 Å². The summed E-state index contributed by atoms with van der Waals surface area (Å²) in [5.41, 5.74) is 0.858. The van der Waals surface area contributed by atoms with Crippen molar-refractivity contribution in [1.29, 1.82) is 0 Å². The van der Waals surface area contributed by atoms with Crippen LogP contribution in [-0.2, 0) is 6.54 Å². The molecule has 0 unspecified atom stereocenters. The molecule has 0 fully saturated rings. The van der Waals surface area contributed by atoms with Crippen molar-refractivity contribution < 1.29 is 14.3 Å². The second kappa shape index (κ2) is 4.14. The molecule has 0 saturated carbocycles. The molecule has 1 aromatic heterocycles. The average molecular weight is 220 g/mol. The van der Waals surface area contributed by atoms with Gasteiger partial charge in [-0.25, -0.2) is 9.18 Å². The SMILES string of the molecule is O=C(O)c1cnn(Cc2cccc(F)c2)c1. The number of aromatic carboxylic acids is 1. The van der Waals surface area contributed by atoms with E-state index in [4.69, 9.17) is 5.11 Å². The lowest BCUT2D eigenvalue weighted by Crippen LogP contribution is -2.00. The van der Waals surface area contributed by atoms with Gasteiger partial charge in [-0.1, -0.05) is 12.1 Å². The van der Waals surface area contributed by atoms with Crippen molar-refractivity contribution in [1.82, 2.24) is 9.78 Å². The zero-order valence-corrected chi connectivity index (χ0v) is 8.30. The Morgan fingerprint density at radius 1 is 1.50 bits per heavy atom. The first-order chi connectivity index (χ1) is 7.65. The number of rotatable bonds is 3. The van der Waals surface area contributed by atoms with E-state index < -0.39 is 5.97 Å². The fourth-order valence-electron chi connectivity index (χ4n) is 1.38. The second-order valence-electron chi connectivity index (χ2n) is 3.36. The van der Waals surface area contributed by atoms with Gasteiger partial charge in [0, 0.05) is 6.20 Å². The molecule has 0 radical (unpaired) electrons. The van der Waals surface area contributed by atoms with E-state index in [2.05, 4.69) is 5.10 Å². The predicted octanol–water partition coefficient (Wildman–Crippen LogP) is 1.77. The number of carboxylic acid groups (broad SMARTS) is 1. The zero-order valence-electron chi connectivity index (χ0n) is 8.30. The number of aromatic nitrogens is 2. The highest BCUT2D eigenvalue weighted by atomic mass is 19.1. The maximum absolute atomic E-state index is 12.9. The molecular formula is C11H9FN2O2. The van der Waals surface area contributed by atoms with E-state index in [1.165, 1.54) is 29.2 Å². The zero-order chi connectivity index (χ0) is 11.5. The monoisotopic (exact) mass is 220 g/mol.